The molecule has 2 rings (SSSR count). The zero-order valence-corrected chi connectivity index (χ0v) is 11.1. The maximum Gasteiger partial charge on any atom is 0.255 e. The lowest BCUT2D eigenvalue weighted by atomic mass is 9.82. The van der Waals surface area contributed by atoms with Gasteiger partial charge in [-0.1, -0.05) is 6.92 Å². The molecule has 0 bridgehead atoms. The van der Waals surface area contributed by atoms with Crippen LogP contribution in [0.25, 0.3) is 0 Å². The predicted molar refractivity (Wildman–Crippen MR) is 69.4 cm³/mol. The van der Waals surface area contributed by atoms with Crippen LogP contribution in [0.2, 0.25) is 0 Å². The third-order valence-corrected chi connectivity index (χ3v) is 3.38. The van der Waals surface area contributed by atoms with E-state index in [1.54, 1.807) is 12.3 Å². The summed E-state index contributed by atoms with van der Waals surface area (Å²) in [4.78, 5) is 16.1. The number of rotatable bonds is 3. The van der Waals surface area contributed by atoms with Crippen LogP contribution in [0.3, 0.4) is 0 Å². The maximum absolute atomic E-state index is 12.0. The Morgan fingerprint density at radius 1 is 1.59 bits per heavy atom. The normalized spacial score (nSPS) is 22.8. The van der Waals surface area contributed by atoms with Crippen LogP contribution in [0.15, 0.2) is 16.7 Å². The number of hydrazine groups is 1. The van der Waals surface area contributed by atoms with Gasteiger partial charge in [0, 0.05) is 16.7 Å². The molecule has 0 radical (unpaired) electrons. The summed E-state index contributed by atoms with van der Waals surface area (Å²) in [6.07, 6.45) is 3.68. The van der Waals surface area contributed by atoms with Crippen LogP contribution in [-0.2, 0) is 0 Å². The highest BCUT2D eigenvalue weighted by molar-refractivity contribution is 9.10. The standard InChI is InChI=1S/C11H15BrN4O/c1-6-2-8(3-6)15-11(17)9-4-7(12)5-14-10(9)16-13/h4-6,8H,2-3,13H2,1H3,(H,14,16)(H,15,17). The van der Waals surface area contributed by atoms with E-state index >= 15 is 0 Å². The first kappa shape index (κ1) is 12.3. The number of nitrogen functional groups attached to an aromatic ring is 1. The van der Waals surface area contributed by atoms with E-state index in [4.69, 9.17) is 5.84 Å². The number of nitrogens with one attached hydrogen (secondary N) is 2. The van der Waals surface area contributed by atoms with Gasteiger partial charge in [0.15, 0.2) is 5.82 Å². The molecule has 1 aliphatic rings. The van der Waals surface area contributed by atoms with E-state index in [-0.39, 0.29) is 11.9 Å². The molecule has 1 aliphatic carbocycles. The van der Waals surface area contributed by atoms with Crippen molar-refractivity contribution in [1.29, 1.82) is 0 Å². The van der Waals surface area contributed by atoms with Gasteiger partial charge in [-0.2, -0.15) is 0 Å². The van der Waals surface area contributed by atoms with Crippen LogP contribution < -0.4 is 16.6 Å². The first-order valence-corrected chi connectivity index (χ1v) is 6.32. The predicted octanol–water partition coefficient (Wildman–Crippen LogP) is 1.66. The molecular formula is C11H15BrN4O. The number of hydrogen-bond acceptors (Lipinski definition) is 4. The molecule has 1 heterocycles. The van der Waals surface area contributed by atoms with Gasteiger partial charge in [-0.05, 0) is 40.8 Å². The summed E-state index contributed by atoms with van der Waals surface area (Å²) < 4.78 is 0.753. The van der Waals surface area contributed by atoms with Crippen LogP contribution in [0.1, 0.15) is 30.1 Å². The molecule has 17 heavy (non-hydrogen) atoms. The van der Waals surface area contributed by atoms with Gasteiger partial charge in [-0.15, -0.1) is 0 Å². The molecular weight excluding hydrogens is 284 g/mol. The number of aromatic nitrogens is 1. The van der Waals surface area contributed by atoms with Crippen LogP contribution in [0.4, 0.5) is 5.82 Å². The topological polar surface area (TPSA) is 80.0 Å². The van der Waals surface area contributed by atoms with E-state index in [2.05, 4.69) is 38.6 Å². The summed E-state index contributed by atoms with van der Waals surface area (Å²) in [6, 6.07) is 1.99. The molecule has 0 spiro atoms. The molecule has 0 atom stereocenters. The number of nitrogens with two attached hydrogens (primary N) is 1. The highest BCUT2D eigenvalue weighted by Gasteiger charge is 2.27. The number of nitrogens with zero attached hydrogens (tertiary/aromatic N) is 1. The summed E-state index contributed by atoms with van der Waals surface area (Å²) in [7, 11) is 0. The average molecular weight is 299 g/mol. The summed E-state index contributed by atoms with van der Waals surface area (Å²) in [5.74, 6) is 6.28. The molecule has 6 heteroatoms. The fourth-order valence-electron chi connectivity index (χ4n) is 2.01. The Balaban J connectivity index is 2.09. The van der Waals surface area contributed by atoms with Crippen molar-refractivity contribution < 1.29 is 4.79 Å². The van der Waals surface area contributed by atoms with Crippen LogP contribution in [0.5, 0.6) is 0 Å². The third kappa shape index (κ3) is 2.76. The zero-order chi connectivity index (χ0) is 12.4. The van der Waals surface area contributed by atoms with Gasteiger partial charge in [0.05, 0.1) is 5.56 Å². The van der Waals surface area contributed by atoms with E-state index in [1.165, 1.54) is 0 Å². The summed E-state index contributed by atoms with van der Waals surface area (Å²) in [5, 5.41) is 2.97. The Morgan fingerprint density at radius 2 is 2.29 bits per heavy atom. The molecule has 5 nitrogen and oxygen atoms in total. The van der Waals surface area contributed by atoms with E-state index in [0.29, 0.717) is 17.3 Å². The fourth-order valence-corrected chi connectivity index (χ4v) is 2.34. The average Bonchev–Trinajstić information content (AvgIpc) is 2.27. The molecule has 92 valence electrons. The van der Waals surface area contributed by atoms with Gasteiger partial charge < -0.3 is 10.7 Å². The first-order valence-electron chi connectivity index (χ1n) is 5.53. The minimum atomic E-state index is -0.136. The largest absolute Gasteiger partial charge is 0.349 e. The van der Waals surface area contributed by atoms with Crippen LogP contribution in [0, 0.1) is 5.92 Å². The van der Waals surface area contributed by atoms with Gasteiger partial charge in [-0.25, -0.2) is 10.8 Å². The van der Waals surface area contributed by atoms with Crippen molar-refractivity contribution in [2.75, 3.05) is 5.43 Å². The van der Waals surface area contributed by atoms with E-state index in [9.17, 15) is 4.79 Å². The molecule has 1 aromatic heterocycles. The minimum Gasteiger partial charge on any atom is -0.349 e. The van der Waals surface area contributed by atoms with E-state index < -0.39 is 0 Å². The highest BCUT2D eigenvalue weighted by atomic mass is 79.9. The minimum absolute atomic E-state index is 0.136. The number of anilines is 1. The Hall–Kier alpha value is -1.14. The second-order valence-electron chi connectivity index (χ2n) is 4.44. The molecule has 1 amide bonds. The van der Waals surface area contributed by atoms with Crippen molar-refractivity contribution in [3.05, 3.63) is 22.3 Å². The Labute approximate surface area is 108 Å². The summed E-state index contributed by atoms with van der Waals surface area (Å²) >= 11 is 3.29. The molecule has 0 aromatic carbocycles. The SMILES string of the molecule is CC1CC(NC(=O)c2cc(Br)cnc2NN)C1. The van der Waals surface area contributed by atoms with Crippen molar-refractivity contribution in [3.63, 3.8) is 0 Å². The number of carbonyl (C=O) groups excluding carboxylic acids is 1. The third-order valence-electron chi connectivity index (χ3n) is 2.94. The number of halogens is 1. The number of carbonyl (C=O) groups is 1. The smallest absolute Gasteiger partial charge is 0.255 e. The maximum atomic E-state index is 12.0. The Bertz CT molecular complexity index is 431. The first-order chi connectivity index (χ1) is 8.10. The Morgan fingerprint density at radius 3 is 2.88 bits per heavy atom. The quantitative estimate of drug-likeness (QED) is 0.586. The molecule has 0 aliphatic heterocycles. The molecule has 0 unspecified atom stereocenters. The fraction of sp³-hybridized carbons (Fsp3) is 0.455. The summed E-state index contributed by atoms with van der Waals surface area (Å²) in [6.45, 7) is 2.18. The molecule has 1 saturated carbocycles. The van der Waals surface area contributed by atoms with E-state index in [0.717, 1.165) is 17.3 Å². The lowest BCUT2D eigenvalue weighted by Crippen LogP contribution is -2.43. The zero-order valence-electron chi connectivity index (χ0n) is 9.53. The second-order valence-corrected chi connectivity index (χ2v) is 5.36. The number of amides is 1. The van der Waals surface area contributed by atoms with Crippen molar-refractivity contribution in [3.8, 4) is 0 Å². The van der Waals surface area contributed by atoms with Crippen LogP contribution >= 0.6 is 15.9 Å². The van der Waals surface area contributed by atoms with Gasteiger partial charge in [0.1, 0.15) is 0 Å². The lowest BCUT2D eigenvalue weighted by molar-refractivity contribution is 0.0896. The van der Waals surface area contributed by atoms with Crippen molar-refractivity contribution >= 4 is 27.7 Å². The molecule has 1 aromatic rings. The lowest BCUT2D eigenvalue weighted by Gasteiger charge is -2.33. The van der Waals surface area contributed by atoms with E-state index in [1.807, 2.05) is 0 Å². The molecule has 4 N–H and O–H groups in total. The monoisotopic (exact) mass is 298 g/mol. The van der Waals surface area contributed by atoms with Crippen molar-refractivity contribution in [2.24, 2.45) is 11.8 Å². The Kier molecular flexibility index (Phi) is 3.63. The molecule has 0 saturated heterocycles. The number of hydrogen-bond donors (Lipinski definition) is 3. The van der Waals surface area contributed by atoms with Gasteiger partial charge in [-0.3, -0.25) is 4.79 Å². The van der Waals surface area contributed by atoms with Crippen LogP contribution in [-0.4, -0.2) is 16.9 Å². The highest BCUT2D eigenvalue weighted by Crippen LogP contribution is 2.27. The van der Waals surface area contributed by atoms with Crippen molar-refractivity contribution in [1.82, 2.24) is 10.3 Å². The second kappa shape index (κ2) is 5.01. The van der Waals surface area contributed by atoms with Gasteiger partial charge >= 0.3 is 0 Å². The van der Waals surface area contributed by atoms with Gasteiger partial charge in [0.2, 0.25) is 0 Å². The summed E-state index contributed by atoms with van der Waals surface area (Å²) in [5.41, 5.74) is 2.89. The van der Waals surface area contributed by atoms with Crippen molar-refractivity contribution in [2.45, 2.75) is 25.8 Å². The number of pyridine rings is 1. The van der Waals surface area contributed by atoms with Gasteiger partial charge in [0.25, 0.3) is 5.91 Å². The molecule has 1 fully saturated rings.